The number of piperidine rings is 1. The second-order valence-corrected chi connectivity index (χ2v) is 5.44. The van der Waals surface area contributed by atoms with Crippen molar-refractivity contribution in [3.05, 3.63) is 29.3 Å². The van der Waals surface area contributed by atoms with Crippen LogP contribution in [0, 0.1) is 0 Å². The molecule has 6 nitrogen and oxygen atoms in total. The van der Waals surface area contributed by atoms with Gasteiger partial charge in [0.1, 0.15) is 5.60 Å². The Morgan fingerprint density at radius 2 is 2.05 bits per heavy atom. The Morgan fingerprint density at radius 1 is 1.35 bits per heavy atom. The number of nitrogen functional groups attached to an aromatic ring is 1. The number of esters is 1. The molecule has 1 saturated heterocycles. The molecule has 2 aliphatic rings. The minimum absolute atomic E-state index is 0.359. The fourth-order valence-corrected chi connectivity index (χ4v) is 2.96. The zero-order valence-electron chi connectivity index (χ0n) is 11.0. The van der Waals surface area contributed by atoms with E-state index >= 15 is 0 Å². The fourth-order valence-electron chi connectivity index (χ4n) is 2.96. The minimum atomic E-state index is -0.921. The van der Waals surface area contributed by atoms with E-state index in [0.717, 1.165) is 5.56 Å². The highest BCUT2D eigenvalue weighted by Gasteiger charge is 2.43. The molecule has 3 rings (SSSR count). The van der Waals surface area contributed by atoms with E-state index in [2.05, 4.69) is 0 Å². The number of likely N-dealkylation sites (tertiary alicyclic amines) is 1. The number of carbonyl (C=O) groups is 2. The highest BCUT2D eigenvalue weighted by atomic mass is 16.6. The molecule has 0 aromatic heterocycles. The van der Waals surface area contributed by atoms with Crippen molar-refractivity contribution in [2.24, 2.45) is 0 Å². The molecule has 6 heteroatoms. The molecule has 0 aliphatic carbocycles. The maximum Gasteiger partial charge on any atom is 0.407 e. The third-order valence-corrected chi connectivity index (χ3v) is 4.12. The van der Waals surface area contributed by atoms with Crippen molar-refractivity contribution in [3.63, 3.8) is 0 Å². The summed E-state index contributed by atoms with van der Waals surface area (Å²) in [6, 6.07) is 5.27. The van der Waals surface area contributed by atoms with Crippen LogP contribution in [0.3, 0.4) is 0 Å². The molecule has 0 radical (unpaired) electrons. The number of nitrogens with zero attached hydrogens (tertiary/aromatic N) is 1. The van der Waals surface area contributed by atoms with Crippen LogP contribution in [0.5, 0.6) is 0 Å². The predicted octanol–water partition coefficient (Wildman–Crippen LogP) is 1.49. The second kappa shape index (κ2) is 4.40. The first kappa shape index (κ1) is 12.8. The summed E-state index contributed by atoms with van der Waals surface area (Å²) in [5.41, 5.74) is 7.12. The number of carboxylic acid groups (broad SMARTS) is 1. The van der Waals surface area contributed by atoms with Crippen molar-refractivity contribution in [1.29, 1.82) is 0 Å². The summed E-state index contributed by atoms with van der Waals surface area (Å²) >= 11 is 0. The average molecular weight is 276 g/mol. The predicted molar refractivity (Wildman–Crippen MR) is 71.5 cm³/mol. The lowest BCUT2D eigenvalue weighted by molar-refractivity contribution is -0.0532. The van der Waals surface area contributed by atoms with Gasteiger partial charge in [0.25, 0.3) is 0 Å². The third kappa shape index (κ3) is 2.07. The van der Waals surface area contributed by atoms with Crippen LogP contribution in [0.15, 0.2) is 18.2 Å². The molecule has 2 aliphatic heterocycles. The molecule has 0 bridgehead atoms. The first-order chi connectivity index (χ1) is 9.49. The van der Waals surface area contributed by atoms with Crippen LogP contribution in [0.1, 0.15) is 28.8 Å². The number of hydrogen-bond acceptors (Lipinski definition) is 4. The van der Waals surface area contributed by atoms with Crippen LogP contribution in [-0.4, -0.2) is 40.8 Å². The number of fused-ring (bicyclic) bond motifs is 1. The summed E-state index contributed by atoms with van der Waals surface area (Å²) < 4.78 is 5.61. The Morgan fingerprint density at radius 3 is 2.70 bits per heavy atom. The highest BCUT2D eigenvalue weighted by Crippen LogP contribution is 2.36. The molecule has 1 aromatic carbocycles. The number of amides is 1. The van der Waals surface area contributed by atoms with Gasteiger partial charge in [-0.1, -0.05) is 6.07 Å². The zero-order valence-corrected chi connectivity index (χ0v) is 11.0. The van der Waals surface area contributed by atoms with Crippen LogP contribution in [0.25, 0.3) is 0 Å². The maximum atomic E-state index is 12.1. The largest absolute Gasteiger partial charge is 0.465 e. The van der Waals surface area contributed by atoms with Gasteiger partial charge in [-0.2, -0.15) is 0 Å². The molecule has 2 heterocycles. The van der Waals surface area contributed by atoms with E-state index in [-0.39, 0.29) is 5.97 Å². The first-order valence-corrected chi connectivity index (χ1v) is 6.59. The lowest BCUT2D eigenvalue weighted by Gasteiger charge is -2.42. The quantitative estimate of drug-likeness (QED) is 0.553. The van der Waals surface area contributed by atoms with Gasteiger partial charge in [0.15, 0.2) is 0 Å². The smallest absolute Gasteiger partial charge is 0.407 e. The van der Waals surface area contributed by atoms with Crippen LogP contribution in [0.2, 0.25) is 0 Å². The van der Waals surface area contributed by atoms with Crippen molar-refractivity contribution in [1.82, 2.24) is 4.90 Å². The summed E-state index contributed by atoms with van der Waals surface area (Å²) in [4.78, 5) is 24.4. The van der Waals surface area contributed by atoms with Gasteiger partial charge in [-0.3, -0.25) is 0 Å². The number of rotatable bonds is 0. The van der Waals surface area contributed by atoms with E-state index in [1.807, 2.05) is 6.07 Å². The van der Waals surface area contributed by atoms with Crippen molar-refractivity contribution >= 4 is 17.7 Å². The van der Waals surface area contributed by atoms with Gasteiger partial charge >= 0.3 is 12.1 Å². The molecule has 0 unspecified atom stereocenters. The summed E-state index contributed by atoms with van der Waals surface area (Å²) in [5.74, 6) is -0.359. The van der Waals surface area contributed by atoms with Crippen molar-refractivity contribution in [2.75, 3.05) is 18.8 Å². The van der Waals surface area contributed by atoms with Crippen molar-refractivity contribution in [2.45, 2.75) is 24.9 Å². The third-order valence-electron chi connectivity index (χ3n) is 4.12. The van der Waals surface area contributed by atoms with Gasteiger partial charge in [0.05, 0.1) is 5.56 Å². The molecule has 1 spiro atoms. The van der Waals surface area contributed by atoms with E-state index in [9.17, 15) is 9.59 Å². The number of carbonyl (C=O) groups excluding carboxylic acids is 1. The average Bonchev–Trinajstić information content (AvgIpc) is 2.40. The zero-order chi connectivity index (χ0) is 14.3. The summed E-state index contributed by atoms with van der Waals surface area (Å²) in [6.45, 7) is 0.792. The van der Waals surface area contributed by atoms with Gasteiger partial charge in [0.2, 0.25) is 0 Å². The Kier molecular flexibility index (Phi) is 2.81. The first-order valence-electron chi connectivity index (χ1n) is 6.59. The van der Waals surface area contributed by atoms with Crippen molar-refractivity contribution < 1.29 is 19.4 Å². The van der Waals surface area contributed by atoms with E-state index in [1.54, 1.807) is 12.1 Å². The molecule has 1 amide bonds. The van der Waals surface area contributed by atoms with Crippen LogP contribution >= 0.6 is 0 Å². The number of nitrogens with two attached hydrogens (primary N) is 1. The van der Waals surface area contributed by atoms with Gasteiger partial charge in [-0.05, 0) is 17.7 Å². The van der Waals surface area contributed by atoms with Gasteiger partial charge in [0, 0.05) is 38.0 Å². The molecule has 1 fully saturated rings. The fraction of sp³-hybridized carbons (Fsp3) is 0.429. The highest BCUT2D eigenvalue weighted by molar-refractivity contribution is 5.93. The van der Waals surface area contributed by atoms with E-state index < -0.39 is 11.7 Å². The molecule has 1 aromatic rings. The number of ether oxygens (including phenoxy) is 1. The Labute approximate surface area is 116 Å². The summed E-state index contributed by atoms with van der Waals surface area (Å²) in [5, 5.41) is 8.97. The Bertz CT molecular complexity index is 577. The van der Waals surface area contributed by atoms with E-state index in [4.69, 9.17) is 15.6 Å². The maximum absolute atomic E-state index is 12.1. The van der Waals surface area contributed by atoms with Gasteiger partial charge < -0.3 is 20.5 Å². The standard InChI is InChI=1S/C14H16N2O4/c15-10-2-1-9-8-14(20-12(17)11(9)7-10)3-5-16(6-4-14)13(18)19/h1-2,7H,3-6,8,15H2,(H,18,19). The van der Waals surface area contributed by atoms with Gasteiger partial charge in [-0.15, -0.1) is 0 Å². The molecule has 3 N–H and O–H groups in total. The lowest BCUT2D eigenvalue weighted by Crippen LogP contribution is -2.51. The molecular formula is C14H16N2O4. The summed E-state index contributed by atoms with van der Waals surface area (Å²) in [7, 11) is 0. The second-order valence-electron chi connectivity index (χ2n) is 5.44. The van der Waals surface area contributed by atoms with Crippen LogP contribution < -0.4 is 5.73 Å². The van der Waals surface area contributed by atoms with E-state index in [1.165, 1.54) is 4.90 Å². The van der Waals surface area contributed by atoms with Crippen LogP contribution in [-0.2, 0) is 11.2 Å². The SMILES string of the molecule is Nc1ccc2c(c1)C(=O)OC1(CCN(C(=O)O)CC1)C2. The Balaban J connectivity index is 1.83. The monoisotopic (exact) mass is 276 g/mol. The minimum Gasteiger partial charge on any atom is -0.465 e. The number of anilines is 1. The van der Waals surface area contributed by atoms with Crippen molar-refractivity contribution in [3.8, 4) is 0 Å². The summed E-state index contributed by atoms with van der Waals surface area (Å²) in [6.07, 6.45) is 0.779. The topological polar surface area (TPSA) is 92.9 Å². The van der Waals surface area contributed by atoms with E-state index in [0.29, 0.717) is 43.6 Å². The van der Waals surface area contributed by atoms with Gasteiger partial charge in [-0.25, -0.2) is 9.59 Å². The lowest BCUT2D eigenvalue weighted by atomic mass is 9.81. The normalized spacial score (nSPS) is 20.4. The molecule has 0 atom stereocenters. The van der Waals surface area contributed by atoms with Crippen LogP contribution in [0.4, 0.5) is 10.5 Å². The molecule has 20 heavy (non-hydrogen) atoms. The molecule has 0 saturated carbocycles. The molecule has 106 valence electrons. The number of benzene rings is 1. The number of hydrogen-bond donors (Lipinski definition) is 2. The Hall–Kier alpha value is -2.24. The molecular weight excluding hydrogens is 260 g/mol.